The van der Waals surface area contributed by atoms with Crippen molar-refractivity contribution < 1.29 is 14.3 Å². The van der Waals surface area contributed by atoms with Crippen LogP contribution in [0.1, 0.15) is 27.7 Å². The average molecular weight is 406 g/mol. The second-order valence-corrected chi connectivity index (χ2v) is 6.70. The monoisotopic (exact) mass is 404 g/mol. The standard InChI is InChI=1S/C16H22BrClN2O3/c1-5-20(9-15(21)19-10(2)3)16(22)11(4)23-14-7-6-12(18)8-13(14)17/h6-8,10-11H,5,9H2,1-4H3,(H,19,21). The summed E-state index contributed by atoms with van der Waals surface area (Å²) in [6.45, 7) is 7.68. The predicted molar refractivity (Wildman–Crippen MR) is 94.8 cm³/mol. The van der Waals surface area contributed by atoms with Crippen LogP contribution in [0.5, 0.6) is 5.75 Å². The zero-order valence-electron chi connectivity index (χ0n) is 13.7. The van der Waals surface area contributed by atoms with Gasteiger partial charge in [0, 0.05) is 17.6 Å². The Morgan fingerprint density at radius 3 is 2.52 bits per heavy atom. The van der Waals surface area contributed by atoms with Crippen LogP contribution in [0.2, 0.25) is 5.02 Å². The topological polar surface area (TPSA) is 58.6 Å². The maximum absolute atomic E-state index is 12.5. The van der Waals surface area contributed by atoms with Crippen molar-refractivity contribution >= 4 is 39.3 Å². The Morgan fingerprint density at radius 2 is 2.00 bits per heavy atom. The molecule has 0 spiro atoms. The first kappa shape index (κ1) is 19.8. The van der Waals surface area contributed by atoms with E-state index in [-0.39, 0.29) is 24.4 Å². The number of likely N-dealkylation sites (N-methyl/N-ethyl adjacent to an activating group) is 1. The molecule has 1 aromatic carbocycles. The predicted octanol–water partition coefficient (Wildman–Crippen LogP) is 3.24. The molecule has 0 heterocycles. The molecular weight excluding hydrogens is 384 g/mol. The molecule has 1 rings (SSSR count). The quantitative estimate of drug-likeness (QED) is 0.757. The molecule has 0 bridgehead atoms. The Balaban J connectivity index is 2.71. The van der Waals surface area contributed by atoms with Gasteiger partial charge in [-0.15, -0.1) is 0 Å². The van der Waals surface area contributed by atoms with Crippen LogP contribution in [0.25, 0.3) is 0 Å². The molecule has 1 atom stereocenters. The molecule has 1 unspecified atom stereocenters. The van der Waals surface area contributed by atoms with Crippen LogP contribution in [-0.4, -0.2) is 41.9 Å². The van der Waals surface area contributed by atoms with Gasteiger partial charge in [-0.05, 0) is 61.8 Å². The van der Waals surface area contributed by atoms with E-state index < -0.39 is 6.10 Å². The number of nitrogens with one attached hydrogen (secondary N) is 1. The number of nitrogens with zero attached hydrogens (tertiary/aromatic N) is 1. The zero-order valence-corrected chi connectivity index (χ0v) is 16.1. The van der Waals surface area contributed by atoms with E-state index in [1.807, 2.05) is 20.8 Å². The summed E-state index contributed by atoms with van der Waals surface area (Å²) in [4.78, 5) is 25.8. The number of carbonyl (C=O) groups excluding carboxylic acids is 2. The minimum atomic E-state index is -0.709. The molecule has 128 valence electrons. The van der Waals surface area contributed by atoms with Crippen LogP contribution >= 0.6 is 27.5 Å². The lowest BCUT2D eigenvalue weighted by Crippen LogP contribution is -2.46. The molecule has 1 aromatic rings. The molecule has 1 N–H and O–H groups in total. The lowest BCUT2D eigenvalue weighted by molar-refractivity contribution is -0.141. The van der Waals surface area contributed by atoms with Crippen molar-refractivity contribution in [3.05, 3.63) is 27.7 Å². The SMILES string of the molecule is CCN(CC(=O)NC(C)C)C(=O)C(C)Oc1ccc(Cl)cc1Br. The van der Waals surface area contributed by atoms with Crippen molar-refractivity contribution in [3.8, 4) is 5.75 Å². The highest BCUT2D eigenvalue weighted by atomic mass is 79.9. The van der Waals surface area contributed by atoms with Gasteiger partial charge in [-0.1, -0.05) is 11.6 Å². The molecule has 23 heavy (non-hydrogen) atoms. The van der Waals surface area contributed by atoms with Crippen molar-refractivity contribution in [2.45, 2.75) is 39.8 Å². The molecule has 0 saturated heterocycles. The Morgan fingerprint density at radius 1 is 1.35 bits per heavy atom. The number of hydrogen-bond donors (Lipinski definition) is 1. The second kappa shape index (κ2) is 9.13. The van der Waals surface area contributed by atoms with Gasteiger partial charge in [0.25, 0.3) is 5.91 Å². The van der Waals surface area contributed by atoms with E-state index in [4.69, 9.17) is 16.3 Å². The van der Waals surface area contributed by atoms with Crippen LogP contribution in [0.15, 0.2) is 22.7 Å². The number of carbonyl (C=O) groups is 2. The fourth-order valence-electron chi connectivity index (χ4n) is 1.96. The Kier molecular flexibility index (Phi) is 7.85. The Labute approximate surface area is 150 Å². The van der Waals surface area contributed by atoms with Gasteiger partial charge in [0.1, 0.15) is 5.75 Å². The molecule has 0 saturated carbocycles. The summed E-state index contributed by atoms with van der Waals surface area (Å²) in [5.74, 6) is 0.0984. The molecule has 0 aliphatic heterocycles. The number of hydrogen-bond acceptors (Lipinski definition) is 3. The van der Waals surface area contributed by atoms with Crippen LogP contribution in [0.3, 0.4) is 0 Å². The molecule has 2 amide bonds. The molecule has 0 aliphatic rings. The molecule has 0 radical (unpaired) electrons. The van der Waals surface area contributed by atoms with Gasteiger partial charge in [-0.2, -0.15) is 0 Å². The fraction of sp³-hybridized carbons (Fsp3) is 0.500. The maximum atomic E-state index is 12.5. The molecule has 5 nitrogen and oxygen atoms in total. The number of amides is 2. The first-order chi connectivity index (χ1) is 10.7. The van der Waals surface area contributed by atoms with E-state index in [0.717, 1.165) is 0 Å². The highest BCUT2D eigenvalue weighted by Crippen LogP contribution is 2.28. The molecular formula is C16H22BrClN2O3. The minimum Gasteiger partial charge on any atom is -0.480 e. The summed E-state index contributed by atoms with van der Waals surface area (Å²) < 4.78 is 6.35. The van der Waals surface area contributed by atoms with E-state index in [9.17, 15) is 9.59 Å². The number of benzene rings is 1. The summed E-state index contributed by atoms with van der Waals surface area (Å²) in [6, 6.07) is 5.11. The van der Waals surface area contributed by atoms with Gasteiger partial charge in [0.05, 0.1) is 11.0 Å². The normalized spacial score (nSPS) is 12.0. The molecule has 7 heteroatoms. The number of rotatable bonds is 7. The van der Waals surface area contributed by atoms with E-state index in [0.29, 0.717) is 21.8 Å². The highest BCUT2D eigenvalue weighted by Gasteiger charge is 2.23. The van der Waals surface area contributed by atoms with Crippen LogP contribution in [-0.2, 0) is 9.59 Å². The van der Waals surface area contributed by atoms with Crippen LogP contribution in [0.4, 0.5) is 0 Å². The first-order valence-electron chi connectivity index (χ1n) is 7.44. The number of halogens is 2. The van der Waals surface area contributed by atoms with Crippen LogP contribution in [0, 0.1) is 0 Å². The van der Waals surface area contributed by atoms with Crippen molar-refractivity contribution in [3.63, 3.8) is 0 Å². The highest BCUT2D eigenvalue weighted by molar-refractivity contribution is 9.10. The van der Waals surface area contributed by atoms with E-state index in [1.54, 1.807) is 25.1 Å². The first-order valence-corrected chi connectivity index (χ1v) is 8.61. The van der Waals surface area contributed by atoms with Gasteiger partial charge in [0.2, 0.25) is 5.91 Å². The van der Waals surface area contributed by atoms with Crippen LogP contribution < -0.4 is 10.1 Å². The van der Waals surface area contributed by atoms with Gasteiger partial charge in [0.15, 0.2) is 6.10 Å². The summed E-state index contributed by atoms with van der Waals surface area (Å²) in [5, 5.41) is 3.34. The minimum absolute atomic E-state index is 0.0169. The van der Waals surface area contributed by atoms with E-state index in [2.05, 4.69) is 21.2 Å². The van der Waals surface area contributed by atoms with Crippen molar-refractivity contribution in [2.75, 3.05) is 13.1 Å². The Hall–Kier alpha value is -1.27. The smallest absolute Gasteiger partial charge is 0.263 e. The third kappa shape index (κ3) is 6.39. The Bertz CT molecular complexity index is 566. The van der Waals surface area contributed by atoms with Gasteiger partial charge in [-0.3, -0.25) is 9.59 Å². The largest absolute Gasteiger partial charge is 0.480 e. The van der Waals surface area contributed by atoms with Gasteiger partial charge in [-0.25, -0.2) is 0 Å². The summed E-state index contributed by atoms with van der Waals surface area (Å²) >= 11 is 9.23. The average Bonchev–Trinajstić information content (AvgIpc) is 2.46. The molecule has 0 fully saturated rings. The summed E-state index contributed by atoms with van der Waals surface area (Å²) in [5.41, 5.74) is 0. The van der Waals surface area contributed by atoms with Gasteiger partial charge < -0.3 is 15.0 Å². The van der Waals surface area contributed by atoms with E-state index in [1.165, 1.54) is 4.90 Å². The molecule has 0 aromatic heterocycles. The summed E-state index contributed by atoms with van der Waals surface area (Å²) in [6.07, 6.45) is -0.709. The third-order valence-electron chi connectivity index (χ3n) is 3.02. The van der Waals surface area contributed by atoms with Gasteiger partial charge >= 0.3 is 0 Å². The maximum Gasteiger partial charge on any atom is 0.263 e. The summed E-state index contributed by atoms with van der Waals surface area (Å²) in [7, 11) is 0. The molecule has 0 aliphatic carbocycles. The fourth-order valence-corrected chi connectivity index (χ4v) is 2.73. The van der Waals surface area contributed by atoms with Crippen molar-refractivity contribution in [2.24, 2.45) is 0 Å². The van der Waals surface area contributed by atoms with Crippen molar-refractivity contribution in [1.82, 2.24) is 10.2 Å². The van der Waals surface area contributed by atoms with Crippen molar-refractivity contribution in [1.29, 1.82) is 0 Å². The van der Waals surface area contributed by atoms with E-state index >= 15 is 0 Å². The number of ether oxygens (including phenoxy) is 1. The second-order valence-electron chi connectivity index (χ2n) is 5.41. The lowest BCUT2D eigenvalue weighted by Gasteiger charge is -2.25. The zero-order chi connectivity index (χ0) is 17.6. The third-order valence-corrected chi connectivity index (χ3v) is 3.88. The lowest BCUT2D eigenvalue weighted by atomic mass is 10.3.